The van der Waals surface area contributed by atoms with E-state index in [4.69, 9.17) is 90.5 Å². The molecule has 2 aliphatic rings. The molecule has 0 N–H and O–H groups in total. The summed E-state index contributed by atoms with van der Waals surface area (Å²) in [5, 5.41) is 0. The van der Waals surface area contributed by atoms with Crippen LogP contribution in [0.5, 0.6) is 0 Å². The fourth-order valence-corrected chi connectivity index (χ4v) is 120. The lowest BCUT2D eigenvalue weighted by atomic mass is 10.6. The average Bonchev–Trinajstić information content (AvgIpc) is 0.810. The van der Waals surface area contributed by atoms with Gasteiger partial charge in [-0.2, -0.15) is 0 Å². The van der Waals surface area contributed by atoms with Gasteiger partial charge in [0.15, 0.2) is 108 Å². The van der Waals surface area contributed by atoms with Gasteiger partial charge in [0.05, 0.1) is 0 Å². The molecular weight excluding hydrogens is 1810 g/mol. The average molecular weight is 2000 g/mol. The number of hydrogen-bond acceptors (Lipinski definition) is 22. The standard InChI is InChI=1S/C21H60O6Si8.C12H36O4Si5.C10H30O5Si5.C10H30O3Si4.C8H24O4Si4/c1-28(2,3)22-34(23-29(4,5)6,24-30(7,8)9)20-19-21-35(25-31(10,11)12,26-32(13,14)15)27-33(16,17)18;1-17(2,3)13-21(14-18(4,5)6,15-19(7,8)9)16-20(10,11)12;1-16(2)11-17(3,4)13-19(7,8)15-20(9,10)14-18(5,6)12-16;1-14(2,3)11-17(10,12-15(4,5)6)13-16(7,8)9;1-13(2)9-14(3,4)11-16(7,8)12-15(5,6)10-13/h19-21H2,1-18H3;1-12H3;1-10H3;1-10H3;1-8H3. The monoisotopic (exact) mass is 1990 g/mol. The Morgan fingerprint density at radius 3 is 0.349 bits per heavy atom. The first kappa shape index (κ1) is 118. The first-order valence-electron chi connectivity index (χ1n) is 39.7. The van der Waals surface area contributed by atoms with Crippen LogP contribution in [-0.4, -0.2) is 221 Å². The molecule has 2 heterocycles. The van der Waals surface area contributed by atoms with Crippen LogP contribution < -0.4 is 0 Å². The lowest BCUT2D eigenvalue weighted by Gasteiger charge is -2.46. The third-order valence-corrected chi connectivity index (χ3v) is 96.4. The summed E-state index contributed by atoms with van der Waals surface area (Å²) < 4.78 is 142. The van der Waals surface area contributed by atoms with E-state index in [9.17, 15) is 0 Å². The van der Waals surface area contributed by atoms with Crippen molar-refractivity contribution < 1.29 is 90.5 Å². The van der Waals surface area contributed by atoms with E-state index in [2.05, 4.69) is 380 Å². The lowest BCUT2D eigenvalue weighted by Crippen LogP contribution is -2.65. The van der Waals surface area contributed by atoms with Gasteiger partial charge in [-0.05, 0) is 380 Å². The molecular formula is C61H180O22Si26. The van der Waals surface area contributed by atoms with Crippen molar-refractivity contribution in [2.24, 2.45) is 0 Å². The molecule has 2 aliphatic heterocycles. The molecule has 109 heavy (non-hydrogen) atoms. The Hall–Kier alpha value is 4.76. The summed E-state index contributed by atoms with van der Waals surface area (Å²) >= 11 is 0. The summed E-state index contributed by atoms with van der Waals surface area (Å²) in [5.41, 5.74) is 0. The van der Waals surface area contributed by atoms with Crippen LogP contribution >= 0.6 is 0 Å². The van der Waals surface area contributed by atoms with Gasteiger partial charge in [-0.1, -0.05) is 0 Å². The predicted molar refractivity (Wildman–Crippen MR) is 528 cm³/mol. The van der Waals surface area contributed by atoms with E-state index >= 15 is 0 Å². The lowest BCUT2D eigenvalue weighted by molar-refractivity contribution is 0.149. The summed E-state index contributed by atoms with van der Waals surface area (Å²) in [7, 11) is -54.8. The summed E-state index contributed by atoms with van der Waals surface area (Å²) in [6.07, 6.45) is 0.872. The quantitative estimate of drug-likeness (QED) is 0.0614. The predicted octanol–water partition coefficient (Wildman–Crippen LogP) is 23.8. The smallest absolute Gasteiger partial charge is 0.417 e. The van der Waals surface area contributed by atoms with E-state index in [1.54, 1.807) is 0 Å². The van der Waals surface area contributed by atoms with Crippen molar-refractivity contribution in [2.75, 3.05) is 0 Å². The second-order valence-corrected chi connectivity index (χ2v) is 150. The summed E-state index contributed by atoms with van der Waals surface area (Å²) in [6.45, 7) is 126. The third-order valence-electron chi connectivity index (χ3n) is 11.4. The maximum absolute atomic E-state index is 6.92. The molecule has 0 aromatic rings. The molecule has 0 spiro atoms. The van der Waals surface area contributed by atoms with Gasteiger partial charge in [0.2, 0.25) is 0 Å². The molecule has 2 rings (SSSR count). The highest BCUT2D eigenvalue weighted by Gasteiger charge is 2.59. The fraction of sp³-hybridized carbons (Fsp3) is 1.00. The molecule has 0 aromatic carbocycles. The molecule has 2 saturated heterocycles. The van der Waals surface area contributed by atoms with Crippen molar-refractivity contribution in [3.05, 3.63) is 0 Å². The van der Waals surface area contributed by atoms with Gasteiger partial charge in [-0.15, -0.1) is 0 Å². The topological polar surface area (TPSA) is 203 Å². The SMILES string of the molecule is C[Si](C)(C)O[Si](C)(O[Si](C)(C)C)O[Si](C)(C)C.C[Si](C)(C)O[Si](CCC[Si](O[Si](C)(C)C)(O[Si](C)(C)C)O[Si](C)(C)C)(O[Si](C)(C)C)O[Si](C)(C)C.C[Si](C)(C)O[Si](O[Si](C)(C)C)(O[Si](C)(C)C)O[Si](C)(C)C.C[Si]1(C)O[Si](C)(C)O[Si](C)(C)O[Si](C)(C)O1.C[Si]1(C)O[Si](C)(C)O[Si](C)(C)O[Si](C)(C)O[Si](C)(C)O1. The highest BCUT2D eigenvalue weighted by molar-refractivity contribution is 6.97. The first-order valence-corrected chi connectivity index (χ1v) is 117. The maximum Gasteiger partial charge on any atom is 0.636 e. The van der Waals surface area contributed by atoms with Crippen LogP contribution in [0.1, 0.15) is 6.42 Å². The van der Waals surface area contributed by atoms with E-state index in [0.29, 0.717) is 0 Å². The normalized spacial score (nSPS) is 20.8. The molecule has 660 valence electrons. The van der Waals surface area contributed by atoms with Gasteiger partial charge in [0, 0.05) is 18.6 Å². The zero-order valence-electron chi connectivity index (χ0n) is 82.1. The van der Waals surface area contributed by atoms with Gasteiger partial charge in [-0.3, -0.25) is 0 Å². The molecule has 0 atom stereocenters. The highest BCUT2D eigenvalue weighted by Crippen LogP contribution is 2.38. The van der Waals surface area contributed by atoms with Crippen LogP contribution in [0.2, 0.25) is 392 Å². The minimum absolute atomic E-state index is 0.791. The van der Waals surface area contributed by atoms with Gasteiger partial charge in [-0.25, -0.2) is 0 Å². The zero-order chi connectivity index (χ0) is 88.7. The Morgan fingerprint density at radius 1 is 0.156 bits per heavy atom. The third kappa shape index (κ3) is 66.0. The van der Waals surface area contributed by atoms with Crippen LogP contribution in [0.3, 0.4) is 0 Å². The van der Waals surface area contributed by atoms with Crippen LogP contribution in [0, 0.1) is 0 Å². The van der Waals surface area contributed by atoms with Crippen molar-refractivity contribution >= 4 is 221 Å². The van der Waals surface area contributed by atoms with Crippen LogP contribution in [0.4, 0.5) is 0 Å². The summed E-state index contributed by atoms with van der Waals surface area (Å²) in [6, 6.07) is 1.58. The molecule has 0 saturated carbocycles. The molecule has 2 fully saturated rings. The Balaban J connectivity index is -0.00000133. The molecule has 0 radical (unpaired) electrons. The van der Waals surface area contributed by atoms with Crippen molar-refractivity contribution in [3.63, 3.8) is 0 Å². The molecule has 0 aliphatic carbocycles. The Kier molecular flexibility index (Phi) is 44.1. The fourth-order valence-electron chi connectivity index (χ4n) is 12.6. The number of hydrogen-bond donors (Lipinski definition) is 0. The minimum Gasteiger partial charge on any atom is -0.417 e. The summed E-state index contributed by atoms with van der Waals surface area (Å²) in [4.78, 5) is 0. The van der Waals surface area contributed by atoms with E-state index in [1.165, 1.54) is 0 Å². The molecule has 0 amide bonds. The number of rotatable bonds is 30. The van der Waals surface area contributed by atoms with E-state index in [0.717, 1.165) is 18.5 Å². The molecule has 48 heteroatoms. The molecule has 0 bridgehead atoms. The summed E-state index contributed by atoms with van der Waals surface area (Å²) in [5.74, 6) is 0. The first-order chi connectivity index (χ1) is 46.3. The maximum atomic E-state index is 6.92. The van der Waals surface area contributed by atoms with Crippen molar-refractivity contribution in [2.45, 2.75) is 398 Å². The van der Waals surface area contributed by atoms with Crippen molar-refractivity contribution in [1.82, 2.24) is 0 Å². The van der Waals surface area contributed by atoms with Crippen molar-refractivity contribution in [3.8, 4) is 0 Å². The van der Waals surface area contributed by atoms with E-state index in [-0.39, 0.29) is 0 Å². The van der Waals surface area contributed by atoms with Gasteiger partial charge >= 0.3 is 113 Å². The largest absolute Gasteiger partial charge is 0.636 e. The van der Waals surface area contributed by atoms with Crippen LogP contribution in [-0.2, 0) is 90.5 Å². The second-order valence-electron chi connectivity index (χ2n) is 45.9. The van der Waals surface area contributed by atoms with Gasteiger partial charge in [0.25, 0.3) is 0 Å². The van der Waals surface area contributed by atoms with Crippen LogP contribution in [0.25, 0.3) is 0 Å². The van der Waals surface area contributed by atoms with Gasteiger partial charge < -0.3 is 90.5 Å². The zero-order valence-corrected chi connectivity index (χ0v) is 108. The van der Waals surface area contributed by atoms with Crippen molar-refractivity contribution in [1.29, 1.82) is 0 Å². The Morgan fingerprint density at radius 2 is 0.257 bits per heavy atom. The Labute approximate surface area is 702 Å². The molecule has 0 unspecified atom stereocenters. The van der Waals surface area contributed by atoms with E-state index in [1.807, 2.05) is 0 Å². The molecule has 22 nitrogen and oxygen atoms in total. The second kappa shape index (κ2) is 40.8. The van der Waals surface area contributed by atoms with Gasteiger partial charge in [0.1, 0.15) is 0 Å². The van der Waals surface area contributed by atoms with Crippen LogP contribution in [0.15, 0.2) is 0 Å². The minimum atomic E-state index is -3.09. The Bertz CT molecular complexity index is 2280. The molecule has 0 aromatic heterocycles. The van der Waals surface area contributed by atoms with E-state index < -0.39 is 221 Å². The highest BCUT2D eigenvalue weighted by atomic mass is 28.6.